The molecule has 1 aromatic heterocycles. The van der Waals surface area contributed by atoms with Crippen LogP contribution >= 0.6 is 0 Å². The molecule has 1 aliphatic heterocycles. The standard InChI is InChI=1S/C24H25N3O3/c1-14-25-22(30-26-14)17-11-7-15(8-12-17)19-6-4-5-18-13-27(23(28)20(18)19)21(16-9-10-16)24(2,3)29/h4-8,11-12,16,21,29H,9-10,13H2,1-3H3. The van der Waals surface area contributed by atoms with Gasteiger partial charge in [0.15, 0.2) is 5.82 Å². The van der Waals surface area contributed by atoms with E-state index < -0.39 is 5.60 Å². The van der Waals surface area contributed by atoms with Crippen molar-refractivity contribution in [3.8, 4) is 22.6 Å². The van der Waals surface area contributed by atoms with Crippen molar-refractivity contribution < 1.29 is 14.4 Å². The number of carbonyl (C=O) groups excluding carboxylic acids is 1. The lowest BCUT2D eigenvalue weighted by Gasteiger charge is -2.37. The number of nitrogens with zero attached hydrogens (tertiary/aromatic N) is 3. The summed E-state index contributed by atoms with van der Waals surface area (Å²) in [6.07, 6.45) is 2.14. The quantitative estimate of drug-likeness (QED) is 0.690. The Morgan fingerprint density at radius 2 is 1.83 bits per heavy atom. The number of amides is 1. The molecule has 3 aromatic rings. The third-order valence-corrected chi connectivity index (χ3v) is 6.06. The van der Waals surface area contributed by atoms with E-state index in [4.69, 9.17) is 4.52 Å². The van der Waals surface area contributed by atoms with E-state index in [-0.39, 0.29) is 11.9 Å². The lowest BCUT2D eigenvalue weighted by molar-refractivity contribution is -0.0224. The zero-order valence-corrected chi connectivity index (χ0v) is 17.4. The van der Waals surface area contributed by atoms with Crippen LogP contribution < -0.4 is 0 Å². The molecule has 2 aromatic carbocycles. The lowest BCUT2D eigenvalue weighted by atomic mass is 9.92. The van der Waals surface area contributed by atoms with Crippen LogP contribution in [0.3, 0.4) is 0 Å². The topological polar surface area (TPSA) is 79.5 Å². The smallest absolute Gasteiger partial charge is 0.257 e. The summed E-state index contributed by atoms with van der Waals surface area (Å²) in [5, 5.41) is 14.6. The minimum absolute atomic E-state index is 0.0104. The van der Waals surface area contributed by atoms with Gasteiger partial charge in [-0.3, -0.25) is 4.79 Å². The van der Waals surface area contributed by atoms with Crippen molar-refractivity contribution in [2.75, 3.05) is 0 Å². The predicted molar refractivity (Wildman–Crippen MR) is 113 cm³/mol. The van der Waals surface area contributed by atoms with Crippen molar-refractivity contribution in [3.63, 3.8) is 0 Å². The summed E-state index contributed by atoms with van der Waals surface area (Å²) in [4.78, 5) is 19.6. The predicted octanol–water partition coefficient (Wildman–Crippen LogP) is 4.22. The fraction of sp³-hybridized carbons (Fsp3) is 0.375. The van der Waals surface area contributed by atoms with Gasteiger partial charge in [0.1, 0.15) is 0 Å². The van der Waals surface area contributed by atoms with Crippen LogP contribution in [0.1, 0.15) is 48.4 Å². The fourth-order valence-corrected chi connectivity index (χ4v) is 4.68. The average Bonchev–Trinajstić information content (AvgIpc) is 3.35. The number of hydrogen-bond donors (Lipinski definition) is 1. The third kappa shape index (κ3) is 3.21. The van der Waals surface area contributed by atoms with E-state index in [0.29, 0.717) is 24.2 Å². The van der Waals surface area contributed by atoms with E-state index in [9.17, 15) is 9.90 Å². The van der Waals surface area contributed by atoms with Gasteiger partial charge in [0.05, 0.1) is 17.2 Å². The van der Waals surface area contributed by atoms with Crippen molar-refractivity contribution in [2.45, 2.75) is 51.8 Å². The largest absolute Gasteiger partial charge is 0.388 e. The molecule has 6 nitrogen and oxygen atoms in total. The summed E-state index contributed by atoms with van der Waals surface area (Å²) in [5.41, 5.74) is 3.56. The van der Waals surface area contributed by atoms with Crippen LogP contribution in [0.5, 0.6) is 0 Å². The van der Waals surface area contributed by atoms with Gasteiger partial charge in [0.25, 0.3) is 11.8 Å². The van der Waals surface area contributed by atoms with Crippen molar-refractivity contribution in [1.82, 2.24) is 15.0 Å². The van der Waals surface area contributed by atoms with Gasteiger partial charge in [-0.05, 0) is 68.4 Å². The Morgan fingerprint density at radius 1 is 1.13 bits per heavy atom. The van der Waals surface area contributed by atoms with Gasteiger partial charge >= 0.3 is 0 Å². The highest BCUT2D eigenvalue weighted by atomic mass is 16.5. The maximum Gasteiger partial charge on any atom is 0.257 e. The molecule has 0 spiro atoms. The Labute approximate surface area is 175 Å². The van der Waals surface area contributed by atoms with Gasteiger partial charge in [0.2, 0.25) is 0 Å². The molecule has 1 fully saturated rings. The number of benzene rings is 2. The maximum absolute atomic E-state index is 13.5. The fourth-order valence-electron chi connectivity index (χ4n) is 4.68. The minimum Gasteiger partial charge on any atom is -0.388 e. The van der Waals surface area contributed by atoms with E-state index in [0.717, 1.165) is 40.7 Å². The first-order valence-electron chi connectivity index (χ1n) is 10.4. The van der Waals surface area contributed by atoms with Gasteiger partial charge in [-0.15, -0.1) is 0 Å². The number of aryl methyl sites for hydroxylation is 1. The molecule has 0 radical (unpaired) electrons. The molecule has 2 aliphatic rings. The van der Waals surface area contributed by atoms with Gasteiger partial charge < -0.3 is 14.5 Å². The third-order valence-electron chi connectivity index (χ3n) is 6.06. The molecule has 6 heteroatoms. The highest BCUT2D eigenvalue weighted by molar-refractivity contribution is 6.04. The maximum atomic E-state index is 13.5. The number of aliphatic hydroxyl groups is 1. The zero-order chi connectivity index (χ0) is 21.0. The Morgan fingerprint density at radius 3 is 2.43 bits per heavy atom. The van der Waals surface area contributed by atoms with Crippen LogP contribution in [-0.2, 0) is 6.54 Å². The molecule has 154 valence electrons. The van der Waals surface area contributed by atoms with Gasteiger partial charge in [-0.25, -0.2) is 0 Å². The monoisotopic (exact) mass is 403 g/mol. The second-order valence-corrected chi connectivity index (χ2v) is 8.93. The summed E-state index contributed by atoms with van der Waals surface area (Å²) in [6, 6.07) is 13.7. The molecular formula is C24H25N3O3. The number of fused-ring (bicyclic) bond motifs is 1. The minimum atomic E-state index is -0.928. The first-order valence-corrected chi connectivity index (χ1v) is 10.4. The molecular weight excluding hydrogens is 378 g/mol. The van der Waals surface area contributed by atoms with Crippen molar-refractivity contribution >= 4 is 5.91 Å². The Kier molecular flexibility index (Phi) is 4.29. The highest BCUT2D eigenvalue weighted by Crippen LogP contribution is 2.44. The Bertz CT molecular complexity index is 1110. The second kappa shape index (κ2) is 6.77. The van der Waals surface area contributed by atoms with E-state index in [1.54, 1.807) is 6.92 Å². The average molecular weight is 403 g/mol. The van der Waals surface area contributed by atoms with Crippen LogP contribution in [0, 0.1) is 12.8 Å². The molecule has 1 unspecified atom stereocenters. The van der Waals surface area contributed by atoms with Crippen LogP contribution in [0.4, 0.5) is 0 Å². The number of carbonyl (C=O) groups is 1. The second-order valence-electron chi connectivity index (χ2n) is 8.93. The van der Waals surface area contributed by atoms with Gasteiger partial charge in [-0.1, -0.05) is 35.5 Å². The molecule has 1 atom stereocenters. The van der Waals surface area contributed by atoms with Crippen LogP contribution in [-0.4, -0.2) is 37.7 Å². The number of rotatable bonds is 5. The molecule has 30 heavy (non-hydrogen) atoms. The molecule has 1 aliphatic carbocycles. The summed E-state index contributed by atoms with van der Waals surface area (Å²) in [5.74, 6) is 1.47. The number of aromatic nitrogens is 2. The zero-order valence-electron chi connectivity index (χ0n) is 17.4. The summed E-state index contributed by atoms with van der Waals surface area (Å²) in [7, 11) is 0. The van der Waals surface area contributed by atoms with E-state index >= 15 is 0 Å². The first-order chi connectivity index (χ1) is 14.3. The molecule has 1 saturated carbocycles. The molecule has 1 amide bonds. The molecule has 0 saturated heterocycles. The summed E-state index contributed by atoms with van der Waals surface area (Å²) in [6.45, 7) is 5.96. The molecule has 0 bridgehead atoms. The van der Waals surface area contributed by atoms with E-state index in [2.05, 4.69) is 10.1 Å². The SMILES string of the molecule is Cc1noc(-c2ccc(-c3cccc4c3C(=O)N(C(C3CC3)C(C)(C)O)C4)cc2)n1. The van der Waals surface area contributed by atoms with E-state index in [1.165, 1.54) is 0 Å². The van der Waals surface area contributed by atoms with Crippen LogP contribution in [0.25, 0.3) is 22.6 Å². The van der Waals surface area contributed by atoms with Crippen molar-refractivity contribution in [3.05, 3.63) is 59.4 Å². The van der Waals surface area contributed by atoms with Crippen LogP contribution in [0.2, 0.25) is 0 Å². The van der Waals surface area contributed by atoms with Gasteiger partial charge in [0, 0.05) is 12.1 Å². The van der Waals surface area contributed by atoms with Crippen molar-refractivity contribution in [1.29, 1.82) is 0 Å². The lowest BCUT2D eigenvalue weighted by Crippen LogP contribution is -2.51. The normalized spacial score (nSPS) is 17.3. The van der Waals surface area contributed by atoms with E-state index in [1.807, 2.05) is 61.2 Å². The Balaban J connectivity index is 1.49. The molecule has 1 N–H and O–H groups in total. The van der Waals surface area contributed by atoms with Crippen molar-refractivity contribution in [2.24, 2.45) is 5.92 Å². The molecule has 2 heterocycles. The van der Waals surface area contributed by atoms with Crippen LogP contribution in [0.15, 0.2) is 47.0 Å². The summed E-state index contributed by atoms with van der Waals surface area (Å²) >= 11 is 0. The summed E-state index contributed by atoms with van der Waals surface area (Å²) < 4.78 is 5.24. The number of hydrogen-bond acceptors (Lipinski definition) is 5. The molecule has 5 rings (SSSR count). The Hall–Kier alpha value is -2.99. The highest BCUT2D eigenvalue weighted by Gasteiger charge is 2.48. The van der Waals surface area contributed by atoms with Gasteiger partial charge in [-0.2, -0.15) is 4.98 Å². The first kappa shape index (κ1) is 19.0.